The van der Waals surface area contributed by atoms with E-state index in [0.717, 1.165) is 16.7 Å². The Labute approximate surface area is 375 Å². The Hall–Kier alpha value is -5.15. The van der Waals surface area contributed by atoms with E-state index in [0.29, 0.717) is 61.4 Å². The molecular formula is C50H63N4O8P. The van der Waals surface area contributed by atoms with Crippen LogP contribution < -0.4 is 9.47 Å². The lowest BCUT2D eigenvalue weighted by molar-refractivity contribution is -0.134. The molecule has 0 aliphatic carbocycles. The minimum Gasteiger partial charge on any atom is -0.497 e. The number of carbonyl (C=O) groups excluding carboxylic acids is 3. The fraction of sp³-hybridized carbons (Fsp3) is 0.440. The van der Waals surface area contributed by atoms with Gasteiger partial charge in [-0.1, -0.05) is 80.6 Å². The van der Waals surface area contributed by atoms with E-state index >= 15 is 0 Å². The number of nitrogens with zero attached hydrogens (tertiary/aromatic N) is 4. The second kappa shape index (κ2) is 23.0. The van der Waals surface area contributed by atoms with Crippen molar-refractivity contribution in [2.45, 2.75) is 103 Å². The molecule has 0 spiro atoms. The Morgan fingerprint density at radius 1 is 0.794 bits per heavy atom. The van der Waals surface area contributed by atoms with E-state index in [1.54, 1.807) is 38.5 Å². The Kier molecular flexibility index (Phi) is 17.8. The van der Waals surface area contributed by atoms with Gasteiger partial charge in [-0.25, -0.2) is 4.67 Å². The van der Waals surface area contributed by atoms with E-state index in [4.69, 9.17) is 23.3 Å². The van der Waals surface area contributed by atoms with Crippen molar-refractivity contribution in [1.29, 1.82) is 5.26 Å². The summed E-state index contributed by atoms with van der Waals surface area (Å²) in [6.07, 6.45) is 2.50. The first-order valence-corrected chi connectivity index (χ1v) is 22.6. The maximum atomic E-state index is 14.4. The van der Waals surface area contributed by atoms with Crippen LogP contribution in [0.2, 0.25) is 0 Å². The van der Waals surface area contributed by atoms with E-state index in [9.17, 15) is 19.6 Å². The van der Waals surface area contributed by atoms with Crippen LogP contribution in [-0.2, 0) is 24.2 Å². The molecule has 2 aliphatic rings. The van der Waals surface area contributed by atoms with E-state index in [2.05, 4.69) is 50.6 Å². The zero-order valence-corrected chi connectivity index (χ0v) is 37.6. The number of unbranched alkanes of at least 4 members (excludes halogenated alkanes) is 2. The number of benzene rings is 4. The van der Waals surface area contributed by atoms with Crippen molar-refractivity contribution in [3.05, 3.63) is 131 Å². The summed E-state index contributed by atoms with van der Waals surface area (Å²) >= 11 is 0. The van der Waals surface area contributed by atoms with Gasteiger partial charge in [-0.15, -0.1) is 0 Å². The van der Waals surface area contributed by atoms with Gasteiger partial charge >= 0.3 is 0 Å². The van der Waals surface area contributed by atoms with Gasteiger partial charge in [-0.3, -0.25) is 19.3 Å². The molecule has 2 aliphatic heterocycles. The maximum absolute atomic E-state index is 14.4. The first kappa shape index (κ1) is 48.9. The summed E-state index contributed by atoms with van der Waals surface area (Å²) in [6, 6.07) is 34.8. The molecule has 6 rings (SSSR count). The van der Waals surface area contributed by atoms with E-state index < -0.39 is 14.1 Å². The molecule has 63 heavy (non-hydrogen) atoms. The number of ether oxygens (including phenoxy) is 3. The third-order valence-corrected chi connectivity index (χ3v) is 13.6. The molecule has 336 valence electrons. The van der Waals surface area contributed by atoms with Gasteiger partial charge in [0.05, 0.1) is 63.2 Å². The molecule has 0 saturated carbocycles. The molecule has 0 aromatic heterocycles. The molecule has 0 radical (unpaired) electrons. The number of imide groups is 1. The molecular weight excluding hydrogens is 816 g/mol. The number of hydrogen-bond donors (Lipinski definition) is 0. The lowest BCUT2D eigenvalue weighted by Crippen LogP contribution is -2.42. The van der Waals surface area contributed by atoms with E-state index in [1.165, 1.54) is 4.90 Å². The largest absolute Gasteiger partial charge is 0.497 e. The van der Waals surface area contributed by atoms with Crippen molar-refractivity contribution < 1.29 is 37.6 Å². The summed E-state index contributed by atoms with van der Waals surface area (Å²) in [7, 11) is 1.72. The second-order valence-corrected chi connectivity index (χ2v) is 17.5. The number of amides is 3. The SMILES string of the molecule is C.COc1ccc(C(OC[C@@H]2C[C@@H](OP(OCCC#N)N(C(C)C)C(C)C)CN2C(=O)CCCCCN2C(=O)c3ccccc3C2=O)(c2ccccc2)c2ccc(OC)cc2)cc1. The minimum atomic E-state index is -1.56. The van der Waals surface area contributed by atoms with Crippen LogP contribution in [-0.4, -0.2) is 96.9 Å². The maximum Gasteiger partial charge on any atom is 0.261 e. The van der Waals surface area contributed by atoms with Crippen molar-refractivity contribution in [1.82, 2.24) is 14.5 Å². The summed E-state index contributed by atoms with van der Waals surface area (Å²) in [6.45, 7) is 9.47. The van der Waals surface area contributed by atoms with E-state index in [1.807, 2.05) is 71.6 Å². The number of hydrogen-bond acceptors (Lipinski definition) is 10. The van der Waals surface area contributed by atoms with Crippen LogP contribution in [0, 0.1) is 11.3 Å². The van der Waals surface area contributed by atoms with Crippen LogP contribution in [0.4, 0.5) is 0 Å². The van der Waals surface area contributed by atoms with Gasteiger partial charge in [0.1, 0.15) is 17.1 Å². The molecule has 1 unspecified atom stereocenters. The van der Waals surface area contributed by atoms with Crippen LogP contribution in [0.25, 0.3) is 0 Å². The van der Waals surface area contributed by atoms with Gasteiger partial charge in [0.2, 0.25) is 5.91 Å². The minimum absolute atomic E-state index is 0. The highest BCUT2D eigenvalue weighted by molar-refractivity contribution is 7.44. The highest BCUT2D eigenvalue weighted by Gasteiger charge is 2.43. The average Bonchev–Trinajstić information content (AvgIpc) is 3.80. The van der Waals surface area contributed by atoms with Crippen LogP contribution in [0.1, 0.15) is 111 Å². The lowest BCUT2D eigenvalue weighted by atomic mass is 9.80. The standard InChI is InChI=1S/C49H59N4O8P.CH4/c1-35(2)53(36(3)4)62(60-31-15-29-50)61-43-32-40(52(33-43)46(54)20-11-8-14-30-51-47(55)44-18-12-13-19-45(44)48(51)56)34-59-49(37-16-9-7-10-17-37,38-21-25-41(57-5)26-22-38)39-23-27-42(58-6)28-24-39;/h7,9-10,12-13,16-19,21-28,35-36,40,43H,8,11,14-15,20,30-34H2,1-6H3;1H4/t40-,43+,62?;/m0./s1. The number of methoxy groups -OCH3 is 2. The number of rotatable bonds is 22. The van der Waals surface area contributed by atoms with Crippen molar-refractivity contribution in [2.75, 3.05) is 40.5 Å². The predicted octanol–water partition coefficient (Wildman–Crippen LogP) is 9.77. The number of likely N-dealkylation sites (tertiary alicyclic amines) is 1. The molecule has 1 fully saturated rings. The van der Waals surface area contributed by atoms with Gasteiger partial charge in [0.25, 0.3) is 20.3 Å². The zero-order chi connectivity index (χ0) is 44.2. The molecule has 3 atom stereocenters. The summed E-state index contributed by atoms with van der Waals surface area (Å²) in [4.78, 5) is 43.5. The molecule has 4 aromatic rings. The van der Waals surface area contributed by atoms with Crippen LogP contribution in [0.3, 0.4) is 0 Å². The summed E-state index contributed by atoms with van der Waals surface area (Å²) in [5, 5.41) is 9.32. The van der Waals surface area contributed by atoms with Crippen LogP contribution >= 0.6 is 8.53 Å². The Morgan fingerprint density at radius 2 is 1.33 bits per heavy atom. The molecule has 3 amide bonds. The summed E-state index contributed by atoms with van der Waals surface area (Å²) in [5.74, 6) is 0.866. The topological polar surface area (TPSA) is 131 Å². The normalized spacial score (nSPS) is 16.6. The van der Waals surface area contributed by atoms with Gasteiger partial charge in [0, 0.05) is 31.6 Å². The zero-order valence-electron chi connectivity index (χ0n) is 36.7. The lowest BCUT2D eigenvalue weighted by Gasteiger charge is -2.38. The average molecular weight is 879 g/mol. The molecule has 0 bridgehead atoms. The number of nitriles is 1. The van der Waals surface area contributed by atoms with Gasteiger partial charge in [-0.05, 0) is 100 Å². The highest BCUT2D eigenvalue weighted by Crippen LogP contribution is 2.49. The smallest absolute Gasteiger partial charge is 0.261 e. The Balaban J connectivity index is 0.00000748. The second-order valence-electron chi connectivity index (χ2n) is 16.1. The molecule has 13 heteroatoms. The van der Waals surface area contributed by atoms with Gasteiger partial charge in [0.15, 0.2) is 0 Å². The Morgan fingerprint density at radius 3 is 1.86 bits per heavy atom. The molecule has 12 nitrogen and oxygen atoms in total. The third-order valence-electron chi connectivity index (χ3n) is 11.4. The summed E-state index contributed by atoms with van der Waals surface area (Å²) in [5.41, 5.74) is 2.47. The molecule has 4 aromatic carbocycles. The van der Waals surface area contributed by atoms with Gasteiger partial charge < -0.3 is 28.2 Å². The fourth-order valence-electron chi connectivity index (χ4n) is 8.44. The fourth-order valence-corrected chi connectivity index (χ4v) is 10.2. The number of fused-ring (bicyclic) bond motifs is 1. The molecule has 1 saturated heterocycles. The monoisotopic (exact) mass is 878 g/mol. The van der Waals surface area contributed by atoms with Crippen molar-refractivity contribution in [3.8, 4) is 17.6 Å². The quantitative estimate of drug-likeness (QED) is 0.0326. The predicted molar refractivity (Wildman–Crippen MR) is 245 cm³/mol. The van der Waals surface area contributed by atoms with Gasteiger partial charge in [-0.2, -0.15) is 5.26 Å². The van der Waals surface area contributed by atoms with Crippen LogP contribution in [0.15, 0.2) is 103 Å². The highest BCUT2D eigenvalue weighted by atomic mass is 31.2. The Bertz CT molecular complexity index is 2050. The van der Waals surface area contributed by atoms with E-state index in [-0.39, 0.29) is 75.4 Å². The van der Waals surface area contributed by atoms with Crippen molar-refractivity contribution in [2.24, 2.45) is 0 Å². The number of carbonyl (C=O) groups is 3. The summed E-state index contributed by atoms with van der Waals surface area (Å²) < 4.78 is 33.8. The molecule has 2 heterocycles. The third kappa shape index (κ3) is 11.3. The molecule has 0 N–H and O–H groups in total. The van der Waals surface area contributed by atoms with Crippen molar-refractivity contribution in [3.63, 3.8) is 0 Å². The first-order valence-electron chi connectivity index (χ1n) is 21.5. The van der Waals surface area contributed by atoms with Crippen LogP contribution in [0.5, 0.6) is 11.5 Å². The first-order chi connectivity index (χ1) is 30.0. The van der Waals surface area contributed by atoms with Crippen molar-refractivity contribution >= 4 is 26.2 Å².